The molecule has 0 bridgehead atoms. The Kier molecular flexibility index (Phi) is 3.57. The van der Waals surface area contributed by atoms with E-state index in [0.717, 1.165) is 43.2 Å². The summed E-state index contributed by atoms with van der Waals surface area (Å²) in [6.45, 7) is 7.78. The Bertz CT molecular complexity index is 388. The summed E-state index contributed by atoms with van der Waals surface area (Å²) in [5.41, 5.74) is 7.72. The van der Waals surface area contributed by atoms with E-state index in [1.165, 1.54) is 0 Å². The van der Waals surface area contributed by atoms with Gasteiger partial charge in [-0.2, -0.15) is 5.10 Å². The molecule has 2 unspecified atom stereocenters. The number of nitrogens with two attached hydrogens (primary N) is 1. The second-order valence-corrected chi connectivity index (χ2v) is 4.71. The van der Waals surface area contributed by atoms with E-state index in [-0.39, 0.29) is 0 Å². The summed E-state index contributed by atoms with van der Waals surface area (Å²) in [7, 11) is 0. The summed E-state index contributed by atoms with van der Waals surface area (Å²) < 4.78 is 7.48. The van der Waals surface area contributed by atoms with Gasteiger partial charge in [-0.1, -0.05) is 0 Å². The lowest BCUT2D eigenvalue weighted by Gasteiger charge is -2.28. The van der Waals surface area contributed by atoms with Crippen LogP contribution in [0.3, 0.4) is 0 Å². The molecule has 3 N–H and O–H groups in total. The highest BCUT2D eigenvalue weighted by Crippen LogP contribution is 2.25. The smallest absolute Gasteiger partial charge is 0.148 e. The van der Waals surface area contributed by atoms with Crippen molar-refractivity contribution in [2.75, 3.05) is 17.7 Å². The fraction of sp³-hybridized carbons (Fsp3) is 0.750. The molecule has 0 aromatic carbocycles. The Morgan fingerprint density at radius 3 is 3.00 bits per heavy atom. The first-order chi connectivity index (χ1) is 8.11. The van der Waals surface area contributed by atoms with Crippen LogP contribution < -0.4 is 11.1 Å². The number of hydrogen-bond acceptors (Lipinski definition) is 4. The highest BCUT2D eigenvalue weighted by Gasteiger charge is 2.21. The predicted molar refractivity (Wildman–Crippen MR) is 69.1 cm³/mol. The lowest BCUT2D eigenvalue weighted by Crippen LogP contribution is -2.33. The van der Waals surface area contributed by atoms with Gasteiger partial charge in [0.15, 0.2) is 0 Å². The standard InChI is InChI=1S/C12H22N4O/c1-4-16-12(11(13)9(3)15-16)14-10-5-6-17-8(2)7-10/h8,10,14H,4-7,13H2,1-3H3. The van der Waals surface area contributed by atoms with Gasteiger partial charge in [0.25, 0.3) is 0 Å². The van der Waals surface area contributed by atoms with Crippen molar-refractivity contribution in [3.05, 3.63) is 5.69 Å². The third-order valence-corrected chi connectivity index (χ3v) is 3.30. The van der Waals surface area contributed by atoms with E-state index < -0.39 is 0 Å². The van der Waals surface area contributed by atoms with Crippen LogP contribution in [0.4, 0.5) is 11.5 Å². The first-order valence-corrected chi connectivity index (χ1v) is 6.32. The summed E-state index contributed by atoms with van der Waals surface area (Å²) in [6.07, 6.45) is 2.37. The van der Waals surface area contributed by atoms with Gasteiger partial charge in [-0.15, -0.1) is 0 Å². The molecule has 2 atom stereocenters. The molecule has 0 saturated carbocycles. The fourth-order valence-corrected chi connectivity index (χ4v) is 2.30. The number of ether oxygens (including phenoxy) is 1. The number of nitrogen functional groups attached to an aromatic ring is 1. The van der Waals surface area contributed by atoms with Crippen molar-refractivity contribution in [3.63, 3.8) is 0 Å². The lowest BCUT2D eigenvalue weighted by atomic mass is 10.0. The largest absolute Gasteiger partial charge is 0.394 e. The molecule has 1 fully saturated rings. The van der Waals surface area contributed by atoms with Crippen molar-refractivity contribution >= 4 is 11.5 Å². The van der Waals surface area contributed by atoms with Crippen LogP contribution in [0.2, 0.25) is 0 Å². The van der Waals surface area contributed by atoms with E-state index in [1.54, 1.807) is 0 Å². The van der Waals surface area contributed by atoms with Gasteiger partial charge in [0.2, 0.25) is 0 Å². The number of nitrogens with zero attached hydrogens (tertiary/aromatic N) is 2. The van der Waals surface area contributed by atoms with Crippen LogP contribution in [-0.4, -0.2) is 28.5 Å². The second-order valence-electron chi connectivity index (χ2n) is 4.71. The molecule has 96 valence electrons. The van der Waals surface area contributed by atoms with Gasteiger partial charge in [0.1, 0.15) is 5.82 Å². The third-order valence-electron chi connectivity index (χ3n) is 3.30. The Morgan fingerprint density at radius 2 is 2.35 bits per heavy atom. The molecule has 1 aromatic rings. The molecule has 5 nitrogen and oxygen atoms in total. The van der Waals surface area contributed by atoms with Crippen molar-refractivity contribution in [1.29, 1.82) is 0 Å². The van der Waals surface area contributed by atoms with Crippen molar-refractivity contribution in [1.82, 2.24) is 9.78 Å². The number of rotatable bonds is 3. The zero-order chi connectivity index (χ0) is 12.4. The topological polar surface area (TPSA) is 65.1 Å². The van der Waals surface area contributed by atoms with Crippen molar-refractivity contribution in [3.8, 4) is 0 Å². The zero-order valence-corrected chi connectivity index (χ0v) is 10.9. The van der Waals surface area contributed by atoms with Crippen LogP contribution in [-0.2, 0) is 11.3 Å². The van der Waals surface area contributed by atoms with Crippen molar-refractivity contribution in [2.24, 2.45) is 0 Å². The molecule has 2 heterocycles. The number of aromatic nitrogens is 2. The van der Waals surface area contributed by atoms with Crippen molar-refractivity contribution < 1.29 is 4.74 Å². The van der Waals surface area contributed by atoms with E-state index >= 15 is 0 Å². The molecule has 0 aliphatic carbocycles. The third kappa shape index (κ3) is 2.54. The monoisotopic (exact) mass is 238 g/mol. The minimum Gasteiger partial charge on any atom is -0.394 e. The Morgan fingerprint density at radius 1 is 1.59 bits per heavy atom. The van der Waals surface area contributed by atoms with Gasteiger partial charge < -0.3 is 15.8 Å². The van der Waals surface area contributed by atoms with Crippen LogP contribution in [0.25, 0.3) is 0 Å². The quantitative estimate of drug-likeness (QED) is 0.842. The first kappa shape index (κ1) is 12.2. The summed E-state index contributed by atoms with van der Waals surface area (Å²) >= 11 is 0. The minimum atomic E-state index is 0.321. The summed E-state index contributed by atoms with van der Waals surface area (Å²) in [6, 6.07) is 0.433. The molecule has 1 saturated heterocycles. The van der Waals surface area contributed by atoms with Gasteiger partial charge in [0.05, 0.1) is 17.5 Å². The maximum absolute atomic E-state index is 6.05. The van der Waals surface area contributed by atoms with E-state index in [0.29, 0.717) is 12.1 Å². The summed E-state index contributed by atoms with van der Waals surface area (Å²) in [5, 5.41) is 7.93. The molecule has 1 aliphatic rings. The van der Waals surface area contributed by atoms with E-state index in [1.807, 2.05) is 11.6 Å². The number of nitrogens with one attached hydrogen (secondary N) is 1. The van der Waals surface area contributed by atoms with Crippen LogP contribution in [0.15, 0.2) is 0 Å². The maximum Gasteiger partial charge on any atom is 0.148 e. The summed E-state index contributed by atoms with van der Waals surface area (Å²) in [4.78, 5) is 0. The first-order valence-electron chi connectivity index (χ1n) is 6.32. The van der Waals surface area contributed by atoms with E-state index in [2.05, 4.69) is 24.3 Å². The number of anilines is 2. The Labute approximate surface area is 102 Å². The number of hydrogen-bond donors (Lipinski definition) is 2. The Hall–Kier alpha value is -1.23. The average molecular weight is 238 g/mol. The van der Waals surface area contributed by atoms with Gasteiger partial charge in [-0.3, -0.25) is 0 Å². The van der Waals surface area contributed by atoms with Gasteiger partial charge in [-0.25, -0.2) is 4.68 Å². The predicted octanol–water partition coefficient (Wildman–Crippen LogP) is 1.77. The van der Waals surface area contributed by atoms with E-state index in [9.17, 15) is 0 Å². The molecule has 0 amide bonds. The Balaban J connectivity index is 2.12. The molecule has 1 aromatic heterocycles. The molecule has 5 heteroatoms. The van der Waals surface area contributed by atoms with Crippen molar-refractivity contribution in [2.45, 2.75) is 52.3 Å². The highest BCUT2D eigenvalue weighted by molar-refractivity contribution is 5.65. The second kappa shape index (κ2) is 4.96. The normalized spacial score (nSPS) is 24.9. The molecular formula is C12H22N4O. The minimum absolute atomic E-state index is 0.321. The van der Waals surface area contributed by atoms with Gasteiger partial charge in [-0.05, 0) is 33.6 Å². The zero-order valence-electron chi connectivity index (χ0n) is 10.9. The van der Waals surface area contributed by atoms with Crippen LogP contribution in [0, 0.1) is 6.92 Å². The maximum atomic E-state index is 6.05. The molecule has 1 aliphatic heterocycles. The molecule has 0 spiro atoms. The molecule has 17 heavy (non-hydrogen) atoms. The number of aryl methyl sites for hydroxylation is 2. The van der Waals surface area contributed by atoms with Gasteiger partial charge >= 0.3 is 0 Å². The lowest BCUT2D eigenvalue weighted by molar-refractivity contribution is 0.0231. The average Bonchev–Trinajstić information content (AvgIpc) is 2.57. The fourth-order valence-electron chi connectivity index (χ4n) is 2.30. The SMILES string of the molecule is CCn1nc(C)c(N)c1NC1CCOC(C)C1. The van der Waals surface area contributed by atoms with Crippen LogP contribution in [0.1, 0.15) is 32.4 Å². The molecule has 2 rings (SSSR count). The molecular weight excluding hydrogens is 216 g/mol. The van der Waals surface area contributed by atoms with Gasteiger partial charge in [0, 0.05) is 19.2 Å². The van der Waals surface area contributed by atoms with E-state index in [4.69, 9.17) is 10.5 Å². The highest BCUT2D eigenvalue weighted by atomic mass is 16.5. The summed E-state index contributed by atoms with van der Waals surface area (Å²) in [5.74, 6) is 0.962. The van der Waals surface area contributed by atoms with Crippen LogP contribution >= 0.6 is 0 Å². The van der Waals surface area contributed by atoms with Crippen LogP contribution in [0.5, 0.6) is 0 Å². The molecule has 0 radical (unpaired) electrons.